The fourth-order valence-electron chi connectivity index (χ4n) is 3.19. The third kappa shape index (κ3) is 4.53. The summed E-state index contributed by atoms with van der Waals surface area (Å²) in [7, 11) is 4.07. The third-order valence-corrected chi connectivity index (χ3v) is 4.82. The van der Waals surface area contributed by atoms with Gasteiger partial charge >= 0.3 is 0 Å². The highest BCUT2D eigenvalue weighted by atomic mass is 16.4. The molecule has 0 saturated heterocycles. The maximum absolute atomic E-state index is 9.64. The smallest absolute Gasteiger partial charge is 0.0878 e. The van der Waals surface area contributed by atoms with Crippen LogP contribution in [0, 0.1) is 6.92 Å². The third-order valence-electron chi connectivity index (χ3n) is 4.82. The van der Waals surface area contributed by atoms with Crippen molar-refractivity contribution in [2.45, 2.75) is 19.3 Å². The van der Waals surface area contributed by atoms with Gasteiger partial charge in [-0.25, -0.2) is 0 Å². The van der Waals surface area contributed by atoms with Crippen LogP contribution < -0.4 is 4.90 Å². The average molecular weight is 359 g/mol. The second-order valence-electron chi connectivity index (χ2n) is 6.94. The summed E-state index contributed by atoms with van der Waals surface area (Å²) in [6, 6.07) is 20.9. The van der Waals surface area contributed by atoms with Crippen LogP contribution in [0.2, 0.25) is 0 Å². The summed E-state index contributed by atoms with van der Waals surface area (Å²) in [5.74, 6) is 0.0980. The number of hydrogen-bond donors (Lipinski definition) is 1. The lowest BCUT2D eigenvalue weighted by molar-refractivity contribution is 0.317. The van der Waals surface area contributed by atoms with E-state index in [0.29, 0.717) is 12.1 Å². The van der Waals surface area contributed by atoms with Crippen LogP contribution in [0.4, 0.5) is 5.69 Å². The first-order valence-corrected chi connectivity index (χ1v) is 9.03. The predicted molar refractivity (Wildman–Crippen MR) is 111 cm³/mol. The van der Waals surface area contributed by atoms with E-state index >= 15 is 0 Å². The predicted octanol–water partition coefficient (Wildman–Crippen LogP) is 4.86. The van der Waals surface area contributed by atoms with Crippen LogP contribution >= 0.6 is 0 Å². The van der Waals surface area contributed by atoms with Gasteiger partial charge in [0.15, 0.2) is 0 Å². The number of oxime groups is 1. The number of aromatic nitrogens is 1. The first-order valence-electron chi connectivity index (χ1n) is 9.03. The Bertz CT molecular complexity index is 885. The van der Waals surface area contributed by atoms with E-state index in [1.165, 1.54) is 16.7 Å². The zero-order valence-corrected chi connectivity index (χ0v) is 16.0. The number of pyridine rings is 1. The molecule has 0 aliphatic rings. The van der Waals surface area contributed by atoms with Gasteiger partial charge in [0.2, 0.25) is 0 Å². The Balaban J connectivity index is 1.98. The Morgan fingerprint density at radius 3 is 2.00 bits per heavy atom. The number of aryl methyl sites for hydroxylation is 1. The monoisotopic (exact) mass is 359 g/mol. The highest BCUT2D eigenvalue weighted by molar-refractivity contribution is 6.00. The molecule has 0 amide bonds. The largest absolute Gasteiger partial charge is 0.411 e. The van der Waals surface area contributed by atoms with Crippen LogP contribution in [0.5, 0.6) is 0 Å². The molecule has 138 valence electrons. The number of anilines is 1. The molecular formula is C23H25N3O. The highest BCUT2D eigenvalue weighted by Crippen LogP contribution is 2.31. The summed E-state index contributed by atoms with van der Waals surface area (Å²) in [5.41, 5.74) is 6.32. The molecule has 3 aromatic rings. The second-order valence-corrected chi connectivity index (χ2v) is 6.94. The van der Waals surface area contributed by atoms with Crippen molar-refractivity contribution in [1.82, 2.24) is 4.98 Å². The van der Waals surface area contributed by atoms with Gasteiger partial charge in [-0.2, -0.15) is 0 Å². The summed E-state index contributed by atoms with van der Waals surface area (Å²) in [5, 5.41) is 13.2. The normalized spacial score (nSPS) is 12.6. The number of nitrogens with zero attached hydrogens (tertiary/aromatic N) is 3. The van der Waals surface area contributed by atoms with Crippen molar-refractivity contribution >= 4 is 11.4 Å². The fourth-order valence-corrected chi connectivity index (χ4v) is 3.19. The lowest BCUT2D eigenvalue weighted by atomic mass is 9.85. The van der Waals surface area contributed by atoms with Gasteiger partial charge in [0.1, 0.15) is 0 Å². The van der Waals surface area contributed by atoms with Crippen molar-refractivity contribution in [2.24, 2.45) is 5.16 Å². The van der Waals surface area contributed by atoms with E-state index in [9.17, 15) is 5.21 Å². The molecule has 0 spiro atoms. The second kappa shape index (κ2) is 8.49. The van der Waals surface area contributed by atoms with Crippen LogP contribution in [0.1, 0.15) is 34.6 Å². The molecule has 27 heavy (non-hydrogen) atoms. The van der Waals surface area contributed by atoms with Gasteiger partial charge in [0.05, 0.1) is 5.71 Å². The standard InChI is InChI=1S/C23H25N3O/c1-17-4-6-18(7-5-17)22(19-8-10-21(11-9-19)26(2)3)16-23(25-27)20-12-14-24-15-13-20/h4-15,22,27H,16H2,1-3H3/b25-23+. The van der Waals surface area contributed by atoms with Crippen LogP contribution in [-0.2, 0) is 0 Å². The maximum Gasteiger partial charge on any atom is 0.0878 e. The minimum absolute atomic E-state index is 0.0980. The fraction of sp³-hybridized carbons (Fsp3) is 0.217. The molecule has 1 atom stereocenters. The molecule has 0 saturated carbocycles. The minimum Gasteiger partial charge on any atom is -0.411 e. The summed E-state index contributed by atoms with van der Waals surface area (Å²) >= 11 is 0. The van der Waals surface area contributed by atoms with Crippen LogP contribution in [-0.4, -0.2) is 30.0 Å². The quantitative estimate of drug-likeness (QED) is 0.388. The van der Waals surface area contributed by atoms with Gasteiger partial charge in [-0.15, -0.1) is 0 Å². The average Bonchev–Trinajstić information content (AvgIpc) is 2.71. The van der Waals surface area contributed by atoms with Gasteiger partial charge < -0.3 is 10.1 Å². The molecule has 0 bridgehead atoms. The topological polar surface area (TPSA) is 48.7 Å². The van der Waals surface area contributed by atoms with Crippen molar-refractivity contribution in [3.05, 3.63) is 95.3 Å². The molecule has 3 rings (SSSR count). The van der Waals surface area contributed by atoms with Crippen molar-refractivity contribution < 1.29 is 5.21 Å². The molecule has 0 aliphatic heterocycles. The molecule has 1 heterocycles. The van der Waals surface area contributed by atoms with Crippen molar-refractivity contribution in [3.8, 4) is 0 Å². The Morgan fingerprint density at radius 2 is 1.48 bits per heavy atom. The Morgan fingerprint density at radius 1 is 0.926 bits per heavy atom. The van der Waals surface area contributed by atoms with Crippen LogP contribution in [0.15, 0.2) is 78.2 Å². The Kier molecular flexibility index (Phi) is 5.87. The summed E-state index contributed by atoms with van der Waals surface area (Å²) < 4.78 is 0. The molecule has 1 N–H and O–H groups in total. The first-order chi connectivity index (χ1) is 13.1. The molecule has 0 radical (unpaired) electrons. The molecule has 0 fully saturated rings. The minimum atomic E-state index is 0.0980. The maximum atomic E-state index is 9.64. The van der Waals surface area contributed by atoms with E-state index < -0.39 is 0 Å². The van der Waals surface area contributed by atoms with Gasteiger partial charge in [-0.1, -0.05) is 47.1 Å². The number of benzene rings is 2. The molecule has 1 aromatic heterocycles. The summed E-state index contributed by atoms with van der Waals surface area (Å²) in [6.45, 7) is 2.09. The molecule has 4 heteroatoms. The molecule has 0 aliphatic carbocycles. The van der Waals surface area contributed by atoms with Gasteiger partial charge in [-0.3, -0.25) is 4.98 Å². The number of hydrogen-bond acceptors (Lipinski definition) is 4. The first kappa shape index (κ1) is 18.6. The highest BCUT2D eigenvalue weighted by Gasteiger charge is 2.19. The van der Waals surface area contributed by atoms with Crippen LogP contribution in [0.3, 0.4) is 0 Å². The lowest BCUT2D eigenvalue weighted by Gasteiger charge is -2.20. The molecule has 1 unspecified atom stereocenters. The zero-order valence-electron chi connectivity index (χ0n) is 16.0. The van der Waals surface area contributed by atoms with E-state index in [4.69, 9.17) is 0 Å². The van der Waals surface area contributed by atoms with E-state index in [1.54, 1.807) is 12.4 Å². The van der Waals surface area contributed by atoms with Crippen LogP contribution in [0.25, 0.3) is 0 Å². The van der Waals surface area contributed by atoms with E-state index in [2.05, 4.69) is 70.5 Å². The zero-order chi connectivity index (χ0) is 19.2. The van der Waals surface area contributed by atoms with Gasteiger partial charge in [0, 0.05) is 50.1 Å². The van der Waals surface area contributed by atoms with Crippen molar-refractivity contribution in [1.29, 1.82) is 0 Å². The van der Waals surface area contributed by atoms with E-state index in [1.807, 2.05) is 26.2 Å². The summed E-state index contributed by atoms with van der Waals surface area (Å²) in [6.07, 6.45) is 4.03. The van der Waals surface area contributed by atoms with Gasteiger partial charge in [0.25, 0.3) is 0 Å². The lowest BCUT2D eigenvalue weighted by Crippen LogP contribution is -2.12. The van der Waals surface area contributed by atoms with Crippen molar-refractivity contribution in [2.75, 3.05) is 19.0 Å². The Labute approximate surface area is 160 Å². The number of rotatable bonds is 6. The summed E-state index contributed by atoms with van der Waals surface area (Å²) in [4.78, 5) is 6.14. The van der Waals surface area contributed by atoms with Gasteiger partial charge in [-0.05, 0) is 42.3 Å². The SMILES string of the molecule is Cc1ccc(C(C/C(=N\O)c2ccncc2)c2ccc(N(C)C)cc2)cc1. The van der Waals surface area contributed by atoms with E-state index in [-0.39, 0.29) is 5.92 Å². The molecule has 4 nitrogen and oxygen atoms in total. The Hall–Kier alpha value is -3.14. The van der Waals surface area contributed by atoms with E-state index in [0.717, 1.165) is 11.3 Å². The molecular weight excluding hydrogens is 334 g/mol. The van der Waals surface area contributed by atoms with Crippen molar-refractivity contribution in [3.63, 3.8) is 0 Å². The molecule has 2 aromatic carbocycles.